The summed E-state index contributed by atoms with van der Waals surface area (Å²) < 4.78 is 65.2. The molecule has 2 N–H and O–H groups in total. The predicted octanol–water partition coefficient (Wildman–Crippen LogP) is 3.75. The summed E-state index contributed by atoms with van der Waals surface area (Å²) in [6.45, 7) is 3.71. The summed E-state index contributed by atoms with van der Waals surface area (Å²) in [4.78, 5) is 17.5. The third kappa shape index (κ3) is 5.90. The van der Waals surface area contributed by atoms with Crippen LogP contribution in [0.3, 0.4) is 0 Å². The second-order valence-electron chi connectivity index (χ2n) is 7.35. The molecule has 1 aliphatic heterocycles. The molecule has 4 nitrogen and oxygen atoms in total. The number of benzene rings is 1. The van der Waals surface area contributed by atoms with Crippen molar-refractivity contribution in [3.05, 3.63) is 34.9 Å². The van der Waals surface area contributed by atoms with Crippen molar-refractivity contribution in [2.75, 3.05) is 13.1 Å². The molecule has 2 rings (SSSR count). The van der Waals surface area contributed by atoms with E-state index in [1.54, 1.807) is 6.92 Å². The molecule has 1 fully saturated rings. The maximum absolute atomic E-state index is 14.0. The monoisotopic (exact) mass is 405 g/mol. The van der Waals surface area contributed by atoms with Gasteiger partial charge in [-0.25, -0.2) is 8.78 Å². The van der Waals surface area contributed by atoms with Crippen LogP contribution < -0.4 is 5.73 Å². The van der Waals surface area contributed by atoms with E-state index >= 15 is 0 Å². The molecule has 0 radical (unpaired) electrons. The van der Waals surface area contributed by atoms with Crippen LogP contribution in [0.4, 0.5) is 22.0 Å². The molecule has 156 valence electrons. The van der Waals surface area contributed by atoms with Crippen molar-refractivity contribution in [2.24, 2.45) is 16.6 Å². The van der Waals surface area contributed by atoms with E-state index < -0.39 is 29.7 Å². The lowest BCUT2D eigenvalue weighted by Gasteiger charge is -2.32. The van der Waals surface area contributed by atoms with Crippen molar-refractivity contribution in [3.8, 4) is 0 Å². The molecule has 28 heavy (non-hydrogen) atoms. The lowest BCUT2D eigenvalue weighted by Crippen LogP contribution is -2.43. The van der Waals surface area contributed by atoms with Gasteiger partial charge in [0.15, 0.2) is 0 Å². The van der Waals surface area contributed by atoms with E-state index in [1.165, 1.54) is 11.8 Å². The minimum atomic E-state index is -4.69. The quantitative estimate of drug-likeness (QED) is 0.461. The molecule has 1 amide bonds. The van der Waals surface area contributed by atoms with Gasteiger partial charge in [-0.3, -0.25) is 9.79 Å². The molecule has 1 saturated heterocycles. The van der Waals surface area contributed by atoms with Gasteiger partial charge in [-0.15, -0.1) is 0 Å². The molecular formula is C19H24F5N3O. The zero-order valence-electron chi connectivity index (χ0n) is 15.8. The van der Waals surface area contributed by atoms with E-state index in [9.17, 15) is 26.7 Å². The van der Waals surface area contributed by atoms with Crippen LogP contribution in [0.5, 0.6) is 0 Å². The standard InChI is InChI=1S/C19H24F5N3O/c1-11(6-13-9-15(20)12(2)8-16(13)21)7-17(28)27-5-3-4-14(10-27)26-18(25)19(22,23)24/h8-9,11,14H,3-7,10H2,1-2H3,(H2,25,26)/t11-,14?/m1/s1. The minimum absolute atomic E-state index is 0.0653. The van der Waals surface area contributed by atoms with Gasteiger partial charge in [0.05, 0.1) is 6.04 Å². The number of carbonyl (C=O) groups excluding carboxylic acids is 1. The fourth-order valence-corrected chi connectivity index (χ4v) is 3.28. The van der Waals surface area contributed by atoms with Crippen LogP contribution in [0, 0.1) is 24.5 Å². The number of aryl methyl sites for hydroxylation is 1. The van der Waals surface area contributed by atoms with Gasteiger partial charge in [-0.2, -0.15) is 13.2 Å². The number of amidine groups is 1. The summed E-state index contributed by atoms with van der Waals surface area (Å²) >= 11 is 0. The molecular weight excluding hydrogens is 381 g/mol. The number of aliphatic imine (C=N–C) groups is 1. The Balaban J connectivity index is 1.95. The van der Waals surface area contributed by atoms with E-state index in [0.29, 0.717) is 19.4 Å². The van der Waals surface area contributed by atoms with Crippen molar-refractivity contribution in [2.45, 2.75) is 51.7 Å². The molecule has 0 aliphatic carbocycles. The van der Waals surface area contributed by atoms with Crippen LogP contribution in [0.25, 0.3) is 0 Å². The first-order chi connectivity index (χ1) is 13.0. The topological polar surface area (TPSA) is 58.7 Å². The summed E-state index contributed by atoms with van der Waals surface area (Å²) in [6.07, 6.45) is -3.47. The first kappa shape index (κ1) is 22.1. The molecule has 0 aromatic heterocycles. The summed E-state index contributed by atoms with van der Waals surface area (Å²) in [5.41, 5.74) is 5.37. The van der Waals surface area contributed by atoms with Crippen LogP contribution in [0.1, 0.15) is 37.3 Å². The zero-order chi connectivity index (χ0) is 21.1. The number of amides is 1. The van der Waals surface area contributed by atoms with Crippen molar-refractivity contribution in [1.29, 1.82) is 0 Å². The third-order valence-corrected chi connectivity index (χ3v) is 4.78. The minimum Gasteiger partial charge on any atom is -0.380 e. The number of halogens is 5. The number of piperidine rings is 1. The van der Waals surface area contributed by atoms with Crippen molar-refractivity contribution >= 4 is 11.7 Å². The number of carbonyl (C=O) groups is 1. The number of alkyl halides is 3. The van der Waals surface area contributed by atoms with Crippen molar-refractivity contribution in [3.63, 3.8) is 0 Å². The maximum atomic E-state index is 14.0. The molecule has 1 aromatic carbocycles. The first-order valence-corrected chi connectivity index (χ1v) is 9.10. The van der Waals surface area contributed by atoms with Gasteiger partial charge in [0.1, 0.15) is 11.6 Å². The lowest BCUT2D eigenvalue weighted by molar-refractivity contribution is -0.133. The Labute approximate surface area is 160 Å². The van der Waals surface area contributed by atoms with E-state index in [0.717, 1.165) is 12.1 Å². The molecule has 1 unspecified atom stereocenters. The molecule has 0 spiro atoms. The number of likely N-dealkylation sites (tertiary alicyclic amines) is 1. The summed E-state index contributed by atoms with van der Waals surface area (Å²) in [5.74, 6) is -2.92. The van der Waals surface area contributed by atoms with Crippen LogP contribution >= 0.6 is 0 Å². The van der Waals surface area contributed by atoms with E-state index in [4.69, 9.17) is 5.73 Å². The van der Waals surface area contributed by atoms with E-state index in [-0.39, 0.29) is 42.3 Å². The van der Waals surface area contributed by atoms with Gasteiger partial charge in [0.25, 0.3) is 0 Å². The fraction of sp³-hybridized carbons (Fsp3) is 0.579. The van der Waals surface area contributed by atoms with Gasteiger partial charge in [0.2, 0.25) is 11.7 Å². The highest BCUT2D eigenvalue weighted by Crippen LogP contribution is 2.22. The molecule has 0 bridgehead atoms. The zero-order valence-corrected chi connectivity index (χ0v) is 15.8. The molecule has 0 saturated carbocycles. The Morgan fingerprint density at radius 3 is 2.64 bits per heavy atom. The molecule has 9 heteroatoms. The second kappa shape index (κ2) is 8.87. The molecule has 1 heterocycles. The van der Waals surface area contributed by atoms with Gasteiger partial charge < -0.3 is 10.6 Å². The van der Waals surface area contributed by atoms with Crippen molar-refractivity contribution in [1.82, 2.24) is 4.90 Å². The van der Waals surface area contributed by atoms with Gasteiger partial charge >= 0.3 is 6.18 Å². The van der Waals surface area contributed by atoms with Gasteiger partial charge in [-0.1, -0.05) is 6.92 Å². The number of hydrogen-bond donors (Lipinski definition) is 1. The van der Waals surface area contributed by atoms with Gasteiger partial charge in [-0.05, 0) is 55.4 Å². The summed E-state index contributed by atoms with van der Waals surface area (Å²) in [5, 5.41) is 0. The highest BCUT2D eigenvalue weighted by molar-refractivity contribution is 5.86. The third-order valence-electron chi connectivity index (χ3n) is 4.78. The van der Waals surface area contributed by atoms with E-state index in [2.05, 4.69) is 4.99 Å². The Hall–Kier alpha value is -2.19. The Morgan fingerprint density at radius 1 is 1.32 bits per heavy atom. The highest BCUT2D eigenvalue weighted by Gasteiger charge is 2.35. The summed E-state index contributed by atoms with van der Waals surface area (Å²) in [7, 11) is 0. The SMILES string of the molecule is Cc1cc(F)c(C[C@@H](C)CC(=O)N2CCCC(N=C(N)C(F)(F)F)C2)cc1F. The number of nitrogens with zero attached hydrogens (tertiary/aromatic N) is 2. The second-order valence-corrected chi connectivity index (χ2v) is 7.35. The van der Waals surface area contributed by atoms with Crippen LogP contribution in [0.15, 0.2) is 17.1 Å². The molecule has 2 atom stereocenters. The smallest absolute Gasteiger partial charge is 0.380 e. The lowest BCUT2D eigenvalue weighted by atomic mass is 9.95. The van der Waals surface area contributed by atoms with Crippen LogP contribution in [0.2, 0.25) is 0 Å². The van der Waals surface area contributed by atoms with E-state index in [1.807, 2.05) is 0 Å². The normalized spacial score (nSPS) is 19.6. The Kier molecular flexibility index (Phi) is 7.01. The largest absolute Gasteiger partial charge is 0.448 e. The maximum Gasteiger partial charge on any atom is 0.448 e. The first-order valence-electron chi connectivity index (χ1n) is 9.10. The number of nitrogens with two attached hydrogens (primary N) is 1. The predicted molar refractivity (Wildman–Crippen MR) is 95.9 cm³/mol. The Bertz CT molecular complexity index is 748. The fourth-order valence-electron chi connectivity index (χ4n) is 3.28. The molecule has 1 aliphatic rings. The Morgan fingerprint density at radius 2 is 2.00 bits per heavy atom. The number of rotatable bonds is 5. The molecule has 1 aromatic rings. The average molecular weight is 405 g/mol. The van der Waals surface area contributed by atoms with Crippen LogP contribution in [-0.4, -0.2) is 42.0 Å². The van der Waals surface area contributed by atoms with Crippen LogP contribution in [-0.2, 0) is 11.2 Å². The number of hydrogen-bond acceptors (Lipinski definition) is 2. The summed E-state index contributed by atoms with van der Waals surface area (Å²) in [6, 6.07) is 1.56. The highest BCUT2D eigenvalue weighted by atomic mass is 19.4. The van der Waals surface area contributed by atoms with Crippen molar-refractivity contribution < 1.29 is 26.7 Å². The average Bonchev–Trinajstić information content (AvgIpc) is 2.59. The van der Waals surface area contributed by atoms with Gasteiger partial charge in [0, 0.05) is 19.5 Å².